The fraction of sp³-hybridized carbons (Fsp3) is 0.900. The molecule has 4 heteroatoms. The van der Waals surface area contributed by atoms with Crippen molar-refractivity contribution in [2.45, 2.75) is 37.8 Å². The summed E-state index contributed by atoms with van der Waals surface area (Å²) < 4.78 is 0. The molecule has 0 radical (unpaired) electrons. The third-order valence-electron chi connectivity index (χ3n) is 2.85. The molecule has 3 nitrogen and oxygen atoms in total. The van der Waals surface area contributed by atoms with E-state index in [4.69, 9.17) is 0 Å². The predicted molar refractivity (Wildman–Crippen MR) is 59.4 cm³/mol. The fourth-order valence-electron chi connectivity index (χ4n) is 1.95. The number of aliphatic hydroxyl groups excluding tert-OH is 1. The van der Waals surface area contributed by atoms with Crippen LogP contribution < -0.4 is 0 Å². The third-order valence-corrected chi connectivity index (χ3v) is 3.39. The lowest BCUT2D eigenvalue weighted by Gasteiger charge is -2.35. The molecule has 0 aliphatic heterocycles. The van der Waals surface area contributed by atoms with Crippen LogP contribution in [-0.2, 0) is 4.79 Å². The molecule has 0 aromatic rings. The second-order valence-corrected chi connectivity index (χ2v) is 4.72. The molecule has 1 amide bonds. The van der Waals surface area contributed by atoms with Gasteiger partial charge in [-0.15, -0.1) is 0 Å². The number of hydrogen-bond donors (Lipinski definition) is 1. The molecule has 1 saturated carbocycles. The van der Waals surface area contributed by atoms with E-state index in [9.17, 15) is 9.90 Å². The SMILES string of the molecule is CSCC(=O)N(C)C1CCCCC1O. The average molecular weight is 217 g/mol. The Hall–Kier alpha value is -0.220. The highest BCUT2D eigenvalue weighted by molar-refractivity contribution is 7.99. The van der Waals surface area contributed by atoms with Crippen molar-refractivity contribution in [2.75, 3.05) is 19.1 Å². The van der Waals surface area contributed by atoms with Crippen LogP contribution >= 0.6 is 11.8 Å². The highest BCUT2D eigenvalue weighted by Gasteiger charge is 2.28. The molecular weight excluding hydrogens is 198 g/mol. The van der Waals surface area contributed by atoms with E-state index in [-0.39, 0.29) is 18.1 Å². The summed E-state index contributed by atoms with van der Waals surface area (Å²) in [5.41, 5.74) is 0. The van der Waals surface area contributed by atoms with E-state index in [1.54, 1.807) is 11.9 Å². The smallest absolute Gasteiger partial charge is 0.232 e. The van der Waals surface area contributed by atoms with E-state index in [0.717, 1.165) is 25.7 Å². The first-order chi connectivity index (χ1) is 6.66. The second kappa shape index (κ2) is 5.61. The predicted octanol–water partition coefficient (Wildman–Crippen LogP) is 1.11. The molecule has 1 aliphatic rings. The Morgan fingerprint density at radius 2 is 2.14 bits per heavy atom. The molecule has 2 atom stereocenters. The van der Waals surface area contributed by atoms with Crippen LogP contribution in [0.5, 0.6) is 0 Å². The number of rotatable bonds is 3. The van der Waals surface area contributed by atoms with Crippen molar-refractivity contribution in [3.05, 3.63) is 0 Å². The van der Waals surface area contributed by atoms with Gasteiger partial charge in [0.2, 0.25) is 5.91 Å². The number of aliphatic hydroxyl groups is 1. The van der Waals surface area contributed by atoms with Crippen molar-refractivity contribution < 1.29 is 9.90 Å². The molecular formula is C10H19NO2S. The van der Waals surface area contributed by atoms with Crippen LogP contribution in [0.4, 0.5) is 0 Å². The first-order valence-electron chi connectivity index (χ1n) is 5.09. The van der Waals surface area contributed by atoms with Crippen molar-refractivity contribution in [3.8, 4) is 0 Å². The lowest BCUT2D eigenvalue weighted by molar-refractivity contribution is -0.132. The van der Waals surface area contributed by atoms with Gasteiger partial charge >= 0.3 is 0 Å². The van der Waals surface area contributed by atoms with Crippen molar-refractivity contribution in [3.63, 3.8) is 0 Å². The van der Waals surface area contributed by atoms with Gasteiger partial charge in [-0.05, 0) is 19.1 Å². The molecule has 82 valence electrons. The minimum atomic E-state index is -0.320. The third kappa shape index (κ3) is 2.89. The molecule has 0 aromatic heterocycles. The maximum absolute atomic E-state index is 11.6. The highest BCUT2D eigenvalue weighted by Crippen LogP contribution is 2.22. The van der Waals surface area contributed by atoms with Gasteiger partial charge in [-0.25, -0.2) is 0 Å². The highest BCUT2D eigenvalue weighted by atomic mass is 32.2. The summed E-state index contributed by atoms with van der Waals surface area (Å²) in [7, 11) is 1.80. The Morgan fingerprint density at radius 1 is 1.50 bits per heavy atom. The van der Waals surface area contributed by atoms with E-state index < -0.39 is 0 Å². The molecule has 0 heterocycles. The molecule has 2 unspecified atom stereocenters. The minimum absolute atomic E-state index is 0.0448. The molecule has 14 heavy (non-hydrogen) atoms. The molecule has 0 bridgehead atoms. The number of hydrogen-bond acceptors (Lipinski definition) is 3. The van der Waals surface area contributed by atoms with E-state index in [0.29, 0.717) is 5.75 Å². The molecule has 1 rings (SSSR count). The zero-order valence-corrected chi connectivity index (χ0v) is 9.72. The number of likely N-dealkylation sites (N-methyl/N-ethyl adjacent to an activating group) is 1. The Balaban J connectivity index is 2.48. The summed E-state index contributed by atoms with van der Waals surface area (Å²) in [6.07, 6.45) is 5.59. The van der Waals surface area contributed by atoms with Crippen LogP contribution in [-0.4, -0.2) is 47.1 Å². The molecule has 1 fully saturated rings. The van der Waals surface area contributed by atoms with E-state index in [1.807, 2.05) is 6.26 Å². The fourth-order valence-corrected chi connectivity index (χ4v) is 2.40. The number of carbonyl (C=O) groups excluding carboxylic acids is 1. The van der Waals surface area contributed by atoms with Crippen molar-refractivity contribution in [2.24, 2.45) is 0 Å². The van der Waals surface area contributed by atoms with Crippen molar-refractivity contribution in [1.29, 1.82) is 0 Å². The van der Waals surface area contributed by atoms with Gasteiger partial charge in [-0.2, -0.15) is 11.8 Å². The summed E-state index contributed by atoms with van der Waals surface area (Å²) in [5.74, 6) is 0.642. The first kappa shape index (κ1) is 11.9. The largest absolute Gasteiger partial charge is 0.391 e. The Labute approximate surface area is 89.9 Å². The lowest BCUT2D eigenvalue weighted by atomic mass is 9.91. The topological polar surface area (TPSA) is 40.5 Å². The normalized spacial score (nSPS) is 27.4. The van der Waals surface area contributed by atoms with E-state index in [2.05, 4.69) is 0 Å². The van der Waals surface area contributed by atoms with Gasteiger partial charge in [0.05, 0.1) is 17.9 Å². The Kier molecular flexibility index (Phi) is 4.75. The van der Waals surface area contributed by atoms with Crippen LogP contribution in [0.3, 0.4) is 0 Å². The summed E-state index contributed by atoms with van der Waals surface area (Å²) in [5, 5.41) is 9.76. The zero-order valence-electron chi connectivity index (χ0n) is 8.90. The molecule has 0 saturated heterocycles. The maximum Gasteiger partial charge on any atom is 0.232 e. The second-order valence-electron chi connectivity index (χ2n) is 3.86. The van der Waals surface area contributed by atoms with Gasteiger partial charge < -0.3 is 10.0 Å². The monoisotopic (exact) mass is 217 g/mol. The molecule has 0 spiro atoms. The quantitative estimate of drug-likeness (QED) is 0.770. The Morgan fingerprint density at radius 3 is 2.71 bits per heavy atom. The van der Waals surface area contributed by atoms with Crippen LogP contribution in [0.25, 0.3) is 0 Å². The van der Waals surface area contributed by atoms with Crippen LogP contribution in [0.15, 0.2) is 0 Å². The van der Waals surface area contributed by atoms with Gasteiger partial charge in [0.1, 0.15) is 0 Å². The standard InChI is InChI=1S/C10H19NO2S/c1-11(10(13)7-14-2)8-5-3-4-6-9(8)12/h8-9,12H,3-7H2,1-2H3. The van der Waals surface area contributed by atoms with Crippen LogP contribution in [0, 0.1) is 0 Å². The van der Waals surface area contributed by atoms with Gasteiger partial charge in [-0.3, -0.25) is 4.79 Å². The van der Waals surface area contributed by atoms with E-state index >= 15 is 0 Å². The maximum atomic E-state index is 11.6. The van der Waals surface area contributed by atoms with Crippen molar-refractivity contribution in [1.82, 2.24) is 4.90 Å². The number of amides is 1. The van der Waals surface area contributed by atoms with Crippen LogP contribution in [0.2, 0.25) is 0 Å². The first-order valence-corrected chi connectivity index (χ1v) is 6.49. The number of carbonyl (C=O) groups is 1. The van der Waals surface area contributed by atoms with Gasteiger partial charge in [0.15, 0.2) is 0 Å². The van der Waals surface area contributed by atoms with E-state index in [1.165, 1.54) is 11.8 Å². The summed E-state index contributed by atoms with van der Waals surface area (Å²) in [6, 6.07) is 0.0448. The van der Waals surface area contributed by atoms with Crippen molar-refractivity contribution >= 4 is 17.7 Å². The molecule has 1 N–H and O–H groups in total. The number of nitrogens with zero attached hydrogens (tertiary/aromatic N) is 1. The van der Waals surface area contributed by atoms with Gasteiger partial charge in [-0.1, -0.05) is 12.8 Å². The summed E-state index contributed by atoms with van der Waals surface area (Å²) >= 11 is 1.53. The Bertz CT molecular complexity index is 199. The average Bonchev–Trinajstić information content (AvgIpc) is 2.18. The summed E-state index contributed by atoms with van der Waals surface area (Å²) in [6.45, 7) is 0. The lowest BCUT2D eigenvalue weighted by Crippen LogP contribution is -2.46. The molecule has 1 aliphatic carbocycles. The minimum Gasteiger partial charge on any atom is -0.391 e. The number of thioether (sulfide) groups is 1. The summed E-state index contributed by atoms with van der Waals surface area (Å²) in [4.78, 5) is 13.3. The van der Waals surface area contributed by atoms with Crippen LogP contribution in [0.1, 0.15) is 25.7 Å². The van der Waals surface area contributed by atoms with Gasteiger partial charge in [0, 0.05) is 7.05 Å². The molecule has 0 aromatic carbocycles. The zero-order chi connectivity index (χ0) is 10.6. The van der Waals surface area contributed by atoms with Gasteiger partial charge in [0.25, 0.3) is 0 Å².